The first kappa shape index (κ1) is 9.53. The van der Waals surface area contributed by atoms with Crippen LogP contribution in [0.5, 0.6) is 0 Å². The van der Waals surface area contributed by atoms with Gasteiger partial charge in [-0.1, -0.05) is 121 Å². The van der Waals surface area contributed by atoms with E-state index in [-0.39, 0.29) is 27.3 Å². The molecule has 1 aromatic heterocycles. The molecule has 7 aromatic carbocycles. The van der Waals surface area contributed by atoms with Crippen molar-refractivity contribution in [1.29, 1.82) is 0 Å². The second-order valence-corrected chi connectivity index (χ2v) is 8.30. The Balaban J connectivity index is 1.80. The lowest BCUT2D eigenvalue weighted by atomic mass is 9.84. The zero-order valence-corrected chi connectivity index (χ0v) is 18.7. The van der Waals surface area contributed by atoms with Crippen molar-refractivity contribution in [3.05, 3.63) is 133 Å². The Morgan fingerprint density at radius 3 is 1.73 bits per heavy atom. The first-order valence-corrected chi connectivity index (χ1v) is 11.2. The van der Waals surface area contributed by atoms with Crippen molar-refractivity contribution in [1.82, 2.24) is 0 Å². The second kappa shape index (κ2) is 7.81. The molecule has 0 bridgehead atoms. The van der Waals surface area contributed by atoms with Crippen LogP contribution in [0.2, 0.25) is 0 Å². The molecule has 172 valence electrons. The van der Waals surface area contributed by atoms with Crippen LogP contribution in [0.1, 0.15) is 24.7 Å². The van der Waals surface area contributed by atoms with E-state index in [1.54, 1.807) is 24.3 Å². The maximum absolute atomic E-state index is 9.33. The van der Waals surface area contributed by atoms with Crippen LogP contribution < -0.4 is 0 Å². The van der Waals surface area contributed by atoms with Crippen LogP contribution in [-0.4, -0.2) is 0 Å². The van der Waals surface area contributed by atoms with Crippen molar-refractivity contribution < 1.29 is 29.1 Å². The Labute approximate surface area is 239 Å². The van der Waals surface area contributed by atoms with Gasteiger partial charge in [0.25, 0.3) is 0 Å². The van der Waals surface area contributed by atoms with Crippen molar-refractivity contribution in [2.24, 2.45) is 0 Å². The Bertz CT molecular complexity index is 3020. The summed E-state index contributed by atoms with van der Waals surface area (Å²) >= 11 is 0. The molecule has 0 saturated carbocycles. The number of fused-ring (bicyclic) bond motifs is 7. The number of furan rings is 1. The molecule has 0 fully saturated rings. The zero-order valence-electron chi connectivity index (χ0n) is 36.7. The third-order valence-corrected chi connectivity index (χ3v) is 6.39. The van der Waals surface area contributed by atoms with Gasteiger partial charge in [-0.05, 0) is 61.3 Å². The zero-order chi connectivity index (χ0) is 40.0. The summed E-state index contributed by atoms with van der Waals surface area (Å²) in [6, 6.07) is -7.24. The maximum Gasteiger partial charge on any atom is 0.143 e. The third-order valence-electron chi connectivity index (χ3n) is 6.39. The van der Waals surface area contributed by atoms with Gasteiger partial charge < -0.3 is 4.42 Å². The van der Waals surface area contributed by atoms with E-state index in [2.05, 4.69) is 0 Å². The van der Waals surface area contributed by atoms with E-state index in [9.17, 15) is 5.48 Å². The summed E-state index contributed by atoms with van der Waals surface area (Å²) in [5.74, 6) is 0. The third kappa shape index (κ3) is 2.92. The largest absolute Gasteiger partial charge is 0.455 e. The van der Waals surface area contributed by atoms with Crippen LogP contribution in [0.15, 0.2) is 137 Å². The van der Waals surface area contributed by atoms with Gasteiger partial charge in [0.2, 0.25) is 0 Å². The molecule has 1 heteroatoms. The highest BCUT2D eigenvalue weighted by Gasteiger charge is 2.19. The lowest BCUT2D eigenvalue weighted by molar-refractivity contribution is 0.672. The molecule has 8 aromatic rings. The number of para-hydroxylation sites is 1. The number of hydrogen-bond acceptors (Lipinski definition) is 1. The van der Waals surface area contributed by atoms with E-state index >= 15 is 0 Å². The quantitative estimate of drug-likeness (QED) is 0.221. The molecule has 0 aliphatic carbocycles. The minimum absolute atomic E-state index is 0.0925. The van der Waals surface area contributed by atoms with E-state index in [1.165, 1.54) is 0 Å². The van der Waals surface area contributed by atoms with Gasteiger partial charge in [-0.2, -0.15) is 0 Å². The predicted molar refractivity (Wildman–Crippen MR) is 157 cm³/mol. The number of rotatable bonds is 2. The molecule has 0 radical (unpaired) electrons. The second-order valence-electron chi connectivity index (χ2n) is 8.30. The minimum atomic E-state index is -0.838. The normalized spacial score (nSPS) is 18.6. The molecule has 0 amide bonds. The van der Waals surface area contributed by atoms with Gasteiger partial charge in [0.05, 0.1) is 24.7 Å². The van der Waals surface area contributed by atoms with Crippen LogP contribution in [-0.2, 0) is 0 Å². The molecule has 1 heterocycles. The van der Waals surface area contributed by atoms with Crippen molar-refractivity contribution in [2.75, 3.05) is 0 Å². The van der Waals surface area contributed by atoms with E-state index in [0.29, 0.717) is 5.39 Å². The minimum Gasteiger partial charge on any atom is -0.455 e. The van der Waals surface area contributed by atoms with Crippen LogP contribution in [0, 0.1) is 0 Å². The maximum atomic E-state index is 9.33. The Hall–Kier alpha value is -4.88. The van der Waals surface area contributed by atoms with Gasteiger partial charge in [-0.15, -0.1) is 0 Å². The molecule has 0 spiro atoms. The molecular weight excluding hydrogens is 448 g/mol. The van der Waals surface area contributed by atoms with E-state index in [1.807, 2.05) is 0 Å². The van der Waals surface area contributed by atoms with Crippen LogP contribution in [0.25, 0.3) is 76.5 Å². The van der Waals surface area contributed by atoms with Crippen molar-refractivity contribution in [2.45, 2.75) is 0 Å². The Morgan fingerprint density at radius 2 is 1.00 bits per heavy atom. The van der Waals surface area contributed by atoms with E-state index in [4.69, 9.17) is 23.6 Å². The summed E-state index contributed by atoms with van der Waals surface area (Å²) in [5.41, 5.74) is -1.93. The molecule has 1 nitrogen and oxygen atoms in total. The smallest absolute Gasteiger partial charge is 0.143 e. The van der Waals surface area contributed by atoms with Crippen molar-refractivity contribution in [3.8, 4) is 22.3 Å². The van der Waals surface area contributed by atoms with Gasteiger partial charge in [-0.25, -0.2) is 0 Å². The summed E-state index contributed by atoms with van der Waals surface area (Å²) < 4.78 is 166. The molecule has 0 aliphatic rings. The molecule has 0 unspecified atom stereocenters. The first-order chi connectivity index (χ1) is 25.9. The fourth-order valence-corrected chi connectivity index (χ4v) is 4.86. The Kier molecular flexibility index (Phi) is 2.01. The molecule has 37 heavy (non-hydrogen) atoms. The fourth-order valence-electron chi connectivity index (χ4n) is 4.86. The lowest BCUT2D eigenvalue weighted by Gasteiger charge is -2.18. The summed E-state index contributed by atoms with van der Waals surface area (Å²) in [7, 11) is 0. The summed E-state index contributed by atoms with van der Waals surface area (Å²) in [6.07, 6.45) is 0. The topological polar surface area (TPSA) is 13.1 Å². The summed E-state index contributed by atoms with van der Waals surface area (Å²) in [5, 5.41) is -2.12. The van der Waals surface area contributed by atoms with Crippen molar-refractivity contribution >= 4 is 54.3 Å². The highest BCUT2D eigenvalue weighted by Crippen LogP contribution is 2.46. The molecule has 0 saturated heterocycles. The van der Waals surface area contributed by atoms with Crippen molar-refractivity contribution in [3.63, 3.8) is 0 Å². The van der Waals surface area contributed by atoms with Gasteiger partial charge in [0.15, 0.2) is 0 Å². The van der Waals surface area contributed by atoms with Gasteiger partial charge in [-0.3, -0.25) is 0 Å². The van der Waals surface area contributed by atoms with Gasteiger partial charge in [0.1, 0.15) is 11.2 Å². The average Bonchev–Trinajstić information content (AvgIpc) is 3.56. The number of benzene rings is 7. The monoisotopic (exact) mass is 488 g/mol. The predicted octanol–water partition coefficient (Wildman–Crippen LogP) is 10.4. The molecule has 0 atom stereocenters. The Morgan fingerprint density at radius 1 is 0.432 bits per heavy atom. The molecule has 0 N–H and O–H groups in total. The molecule has 0 aliphatic heterocycles. The first-order valence-electron chi connectivity index (χ1n) is 20.2. The average molecular weight is 489 g/mol. The SMILES string of the molecule is [2H]c1c([2H])c([2H])c(-c2c3c([2H])c([2H])c([2H])c([2H])c3c(-c3c([2H])c([2H])c([2H])c4c3c([2H])c([2H])c3c5ccccc5oc43)c3c([2H])c([2H])c([2H])c([2H])c23)c([2H])c1[2H]. The van der Waals surface area contributed by atoms with E-state index in [0.717, 1.165) is 0 Å². The lowest BCUT2D eigenvalue weighted by Crippen LogP contribution is -1.91. The summed E-state index contributed by atoms with van der Waals surface area (Å²) in [4.78, 5) is 0. The fraction of sp³-hybridized carbons (Fsp3) is 0. The highest BCUT2D eigenvalue weighted by atomic mass is 16.3. The van der Waals surface area contributed by atoms with Crippen LogP contribution >= 0.6 is 0 Å². The van der Waals surface area contributed by atoms with Gasteiger partial charge >= 0.3 is 0 Å². The molecule has 8 rings (SSSR count). The van der Waals surface area contributed by atoms with E-state index < -0.39 is 153 Å². The molecular formula is C36H22O. The highest BCUT2D eigenvalue weighted by molar-refractivity contribution is 6.25. The summed E-state index contributed by atoms with van der Waals surface area (Å²) in [6.45, 7) is 0. The van der Waals surface area contributed by atoms with Gasteiger partial charge in [0, 0.05) is 16.2 Å². The van der Waals surface area contributed by atoms with Crippen LogP contribution in [0.4, 0.5) is 0 Å². The van der Waals surface area contributed by atoms with Crippen LogP contribution in [0.3, 0.4) is 0 Å². The standard InChI is InChI=1S/C36H22O/c1-2-11-23(12-3-1)34-27-14-4-6-16-29(27)35(30-17-7-5-15-28(30)34)26-18-10-19-31-24(26)21-22-32-25-13-8-9-20-33(25)37-36(31)32/h1-22H/i1D,2D,3D,4D,5D,6D,7D,10D,11D,12D,14D,15D,16D,17D,18D,19D,21D,22D. The number of hydrogen-bond donors (Lipinski definition) is 0.